The third kappa shape index (κ3) is 5.74. The van der Waals surface area contributed by atoms with Gasteiger partial charge in [0.25, 0.3) is 0 Å². The fourth-order valence-corrected chi connectivity index (χ4v) is 6.82. The van der Waals surface area contributed by atoms with Crippen LogP contribution in [0.15, 0.2) is 12.4 Å². The minimum absolute atomic E-state index is 0.388. The van der Waals surface area contributed by atoms with E-state index in [2.05, 4.69) is 43.2 Å². The van der Waals surface area contributed by atoms with Gasteiger partial charge in [0.1, 0.15) is 5.82 Å². The number of likely N-dealkylation sites (N-methyl/N-ethyl adjacent to an activating group) is 1. The first kappa shape index (κ1) is 25.0. The van der Waals surface area contributed by atoms with Gasteiger partial charge in [0.15, 0.2) is 4.83 Å². The largest absolute Gasteiger partial charge is 0.381 e. The van der Waals surface area contributed by atoms with Crippen LogP contribution in [0.2, 0.25) is 0 Å². The predicted molar refractivity (Wildman–Crippen MR) is 148 cm³/mol. The molecule has 1 saturated carbocycles. The molecule has 37 heavy (non-hydrogen) atoms. The molecule has 200 valence electrons. The first-order valence-electron chi connectivity index (χ1n) is 13.8. The zero-order chi connectivity index (χ0) is 25.2. The Hall–Kier alpha value is -2.34. The zero-order valence-electron chi connectivity index (χ0n) is 22.0. The normalized spacial score (nSPS) is 24.8. The van der Waals surface area contributed by atoms with E-state index in [1.54, 1.807) is 0 Å². The molecule has 10 nitrogen and oxygen atoms in total. The molecule has 5 heterocycles. The van der Waals surface area contributed by atoms with Crippen LogP contribution in [0.1, 0.15) is 56.7 Å². The van der Waals surface area contributed by atoms with Crippen molar-refractivity contribution in [1.82, 2.24) is 33.9 Å². The molecule has 2 N–H and O–H groups in total. The molecule has 0 unspecified atom stereocenters. The molecule has 1 aliphatic carbocycles. The van der Waals surface area contributed by atoms with Crippen molar-refractivity contribution < 1.29 is 4.74 Å². The maximum Gasteiger partial charge on any atom is 0.230 e. The first-order chi connectivity index (χ1) is 18.1. The average Bonchev–Trinajstić information content (AvgIpc) is 3.47. The lowest BCUT2D eigenvalue weighted by Crippen LogP contribution is -2.42. The van der Waals surface area contributed by atoms with Crippen molar-refractivity contribution in [2.75, 3.05) is 57.1 Å². The van der Waals surface area contributed by atoms with Crippen molar-refractivity contribution in [2.24, 2.45) is 0 Å². The summed E-state index contributed by atoms with van der Waals surface area (Å²) in [6.07, 6.45) is 12.0. The van der Waals surface area contributed by atoms with E-state index >= 15 is 0 Å². The van der Waals surface area contributed by atoms with Gasteiger partial charge < -0.3 is 20.3 Å². The van der Waals surface area contributed by atoms with Gasteiger partial charge in [-0.2, -0.15) is 19.4 Å². The monoisotopic (exact) mass is 525 g/mol. The van der Waals surface area contributed by atoms with Crippen LogP contribution in [0.25, 0.3) is 10.2 Å². The fourth-order valence-electron chi connectivity index (χ4n) is 6.04. The van der Waals surface area contributed by atoms with Crippen LogP contribution in [0.5, 0.6) is 0 Å². The Bertz CT molecular complexity index is 1180. The lowest BCUT2D eigenvalue weighted by Gasteiger charge is -2.36. The highest BCUT2D eigenvalue weighted by molar-refractivity contribution is 7.13. The molecule has 3 fully saturated rings. The van der Waals surface area contributed by atoms with Gasteiger partial charge in [-0.25, -0.2) is 0 Å². The minimum Gasteiger partial charge on any atom is -0.381 e. The van der Waals surface area contributed by atoms with Gasteiger partial charge >= 0.3 is 0 Å². The summed E-state index contributed by atoms with van der Waals surface area (Å²) < 4.78 is 12.1. The summed E-state index contributed by atoms with van der Waals surface area (Å²) >= 11 is 1.44. The number of nitrogens with zero attached hydrogens (tertiary/aromatic N) is 7. The van der Waals surface area contributed by atoms with Crippen LogP contribution in [-0.2, 0) is 4.74 Å². The molecule has 3 aromatic rings. The molecule has 2 aliphatic heterocycles. The quantitative estimate of drug-likeness (QED) is 0.494. The predicted octanol–water partition coefficient (Wildman–Crippen LogP) is 4.05. The van der Waals surface area contributed by atoms with Crippen molar-refractivity contribution in [3.05, 3.63) is 18.1 Å². The SMILES string of the molecule is Cc1nsc2nc(Nc3cnn(C4CCOCC4)c3)nc(NC3CCC(N4CCCN(C)CC4)CC3)c12. The molecule has 2 saturated heterocycles. The van der Waals surface area contributed by atoms with Gasteiger partial charge in [-0.05, 0) is 83.5 Å². The second-order valence-electron chi connectivity index (χ2n) is 10.9. The molecule has 0 aromatic carbocycles. The summed E-state index contributed by atoms with van der Waals surface area (Å²) in [7, 11) is 2.25. The molecule has 0 spiro atoms. The zero-order valence-corrected chi connectivity index (χ0v) is 22.8. The Morgan fingerprint density at radius 3 is 2.65 bits per heavy atom. The van der Waals surface area contributed by atoms with Crippen molar-refractivity contribution in [1.29, 1.82) is 0 Å². The molecular formula is C26H39N9OS. The lowest BCUT2D eigenvalue weighted by atomic mass is 9.90. The van der Waals surface area contributed by atoms with Gasteiger partial charge in [0.2, 0.25) is 5.95 Å². The Morgan fingerprint density at radius 1 is 0.973 bits per heavy atom. The standard InChI is InChI=1S/C26H39N9OS/c1-18-23-24(28-19-4-6-21(7-5-19)34-11-3-10-33(2)12-13-34)30-26(31-25(23)37-32-18)29-20-16-27-35(17-20)22-8-14-36-15-9-22/h16-17,19,21-22H,3-15H2,1-2H3,(H2,28,29,30,31). The molecule has 0 amide bonds. The maximum absolute atomic E-state index is 5.49. The highest BCUT2D eigenvalue weighted by Gasteiger charge is 2.28. The number of ether oxygens (including phenoxy) is 1. The van der Waals surface area contributed by atoms with E-state index in [0.717, 1.165) is 53.5 Å². The molecule has 0 bridgehead atoms. The van der Waals surface area contributed by atoms with E-state index in [1.807, 2.05) is 17.8 Å². The number of nitrogens with one attached hydrogen (secondary N) is 2. The van der Waals surface area contributed by atoms with E-state index in [-0.39, 0.29) is 0 Å². The van der Waals surface area contributed by atoms with Crippen LogP contribution in [-0.4, -0.2) is 92.4 Å². The van der Waals surface area contributed by atoms with Crippen molar-refractivity contribution in [3.63, 3.8) is 0 Å². The summed E-state index contributed by atoms with van der Waals surface area (Å²) in [5.41, 5.74) is 1.89. The Balaban J connectivity index is 1.13. The van der Waals surface area contributed by atoms with Crippen molar-refractivity contribution in [3.8, 4) is 0 Å². The van der Waals surface area contributed by atoms with Crippen LogP contribution in [0.4, 0.5) is 17.5 Å². The van der Waals surface area contributed by atoms with Crippen molar-refractivity contribution >= 4 is 39.2 Å². The maximum atomic E-state index is 5.49. The van der Waals surface area contributed by atoms with Crippen LogP contribution < -0.4 is 10.6 Å². The smallest absolute Gasteiger partial charge is 0.230 e. The van der Waals surface area contributed by atoms with Crippen LogP contribution in [0, 0.1) is 6.92 Å². The molecule has 0 atom stereocenters. The number of hydrogen-bond donors (Lipinski definition) is 2. The van der Waals surface area contributed by atoms with Gasteiger partial charge in [-0.3, -0.25) is 9.58 Å². The summed E-state index contributed by atoms with van der Waals surface area (Å²) in [6, 6.07) is 1.52. The number of hydrogen-bond acceptors (Lipinski definition) is 10. The summed E-state index contributed by atoms with van der Waals surface area (Å²) in [4.78, 5) is 15.8. The van der Waals surface area contributed by atoms with E-state index in [1.165, 1.54) is 69.8 Å². The number of rotatable bonds is 6. The van der Waals surface area contributed by atoms with E-state index in [9.17, 15) is 0 Å². The summed E-state index contributed by atoms with van der Waals surface area (Å²) in [5.74, 6) is 1.49. The van der Waals surface area contributed by atoms with E-state index < -0.39 is 0 Å². The number of aromatic nitrogens is 5. The number of aryl methyl sites for hydroxylation is 1. The highest BCUT2D eigenvalue weighted by Crippen LogP contribution is 2.32. The number of anilines is 3. The van der Waals surface area contributed by atoms with E-state index in [4.69, 9.17) is 14.7 Å². The molecular weight excluding hydrogens is 486 g/mol. The molecule has 11 heteroatoms. The Kier molecular flexibility index (Phi) is 7.55. The number of fused-ring (bicyclic) bond motifs is 1. The second-order valence-corrected chi connectivity index (χ2v) is 11.6. The van der Waals surface area contributed by atoms with Gasteiger partial charge in [-0.15, -0.1) is 0 Å². The van der Waals surface area contributed by atoms with Gasteiger partial charge in [0.05, 0.1) is 29.0 Å². The third-order valence-electron chi connectivity index (χ3n) is 8.24. The van der Waals surface area contributed by atoms with Gasteiger partial charge in [-0.1, -0.05) is 0 Å². The van der Waals surface area contributed by atoms with Gasteiger partial charge in [0, 0.05) is 44.6 Å². The topological polar surface area (TPSA) is 96.3 Å². The first-order valence-corrected chi connectivity index (χ1v) is 14.6. The molecule has 3 aromatic heterocycles. The molecule has 6 rings (SSSR count). The average molecular weight is 526 g/mol. The third-order valence-corrected chi connectivity index (χ3v) is 9.07. The fraction of sp³-hybridized carbons (Fsp3) is 0.692. The molecule has 0 radical (unpaired) electrons. The summed E-state index contributed by atoms with van der Waals surface area (Å²) in [6.45, 7) is 8.48. The van der Waals surface area contributed by atoms with Crippen molar-refractivity contribution in [2.45, 2.75) is 70.0 Å². The summed E-state index contributed by atoms with van der Waals surface area (Å²) in [5, 5.41) is 12.8. The highest BCUT2D eigenvalue weighted by atomic mass is 32.1. The Labute approximate surface area is 223 Å². The Morgan fingerprint density at radius 2 is 1.81 bits per heavy atom. The molecule has 3 aliphatic rings. The van der Waals surface area contributed by atoms with E-state index in [0.29, 0.717) is 24.1 Å². The van der Waals surface area contributed by atoms with Crippen LogP contribution >= 0.6 is 11.5 Å². The van der Waals surface area contributed by atoms with Crippen LogP contribution in [0.3, 0.4) is 0 Å². The lowest BCUT2D eigenvalue weighted by molar-refractivity contribution is 0.0662. The second kappa shape index (κ2) is 11.2. The minimum atomic E-state index is 0.388.